The van der Waals surface area contributed by atoms with Crippen molar-refractivity contribution in [3.63, 3.8) is 0 Å². The minimum Gasteiger partial charge on any atom is -0.405 e. The highest BCUT2D eigenvalue weighted by atomic mass is 35.5. The molecule has 1 aromatic carbocycles. The van der Waals surface area contributed by atoms with Crippen molar-refractivity contribution in [1.82, 2.24) is 10.2 Å². The van der Waals surface area contributed by atoms with Crippen LogP contribution in [0.2, 0.25) is 0 Å². The summed E-state index contributed by atoms with van der Waals surface area (Å²) in [5, 5.41) is 3.28. The Kier molecular flexibility index (Phi) is 10.0. The van der Waals surface area contributed by atoms with E-state index in [1.807, 2.05) is 0 Å². The molecular weight excluding hydrogens is 364 g/mol. The molecule has 2 rings (SSSR count). The van der Waals surface area contributed by atoms with Crippen LogP contribution in [0.4, 0.5) is 13.2 Å². The van der Waals surface area contributed by atoms with Crippen molar-refractivity contribution < 1.29 is 17.9 Å². The number of nitrogens with one attached hydrogen (secondary N) is 1. The molecule has 1 fully saturated rings. The molecule has 0 amide bonds. The van der Waals surface area contributed by atoms with Gasteiger partial charge in [-0.1, -0.05) is 38.5 Å². The Labute approximate surface area is 153 Å². The number of benzene rings is 1. The lowest BCUT2D eigenvalue weighted by atomic mass is 9.90. The molecule has 1 unspecified atom stereocenters. The molecule has 140 valence electrons. The zero-order valence-electron chi connectivity index (χ0n) is 13.8. The van der Waals surface area contributed by atoms with Gasteiger partial charge in [0.1, 0.15) is 5.75 Å². The molecule has 0 saturated carbocycles. The molecule has 1 N–H and O–H groups in total. The van der Waals surface area contributed by atoms with Gasteiger partial charge < -0.3 is 10.1 Å². The van der Waals surface area contributed by atoms with E-state index in [0.29, 0.717) is 5.56 Å². The molecule has 2 atom stereocenters. The van der Waals surface area contributed by atoms with Crippen LogP contribution in [0.25, 0.3) is 0 Å². The third-order valence-electron chi connectivity index (χ3n) is 4.19. The summed E-state index contributed by atoms with van der Waals surface area (Å²) in [6, 6.07) is 6.44. The van der Waals surface area contributed by atoms with Crippen LogP contribution in [-0.4, -0.2) is 37.4 Å². The number of hydrogen-bond acceptors (Lipinski definition) is 3. The molecule has 1 aliphatic rings. The van der Waals surface area contributed by atoms with Crippen LogP contribution >= 0.6 is 24.8 Å². The summed E-state index contributed by atoms with van der Waals surface area (Å²) in [4.78, 5) is 2.25. The first-order chi connectivity index (χ1) is 10.4. The Balaban J connectivity index is 0.00000264. The summed E-state index contributed by atoms with van der Waals surface area (Å²) in [6.07, 6.45) is -3.77. The summed E-state index contributed by atoms with van der Waals surface area (Å²) in [7, 11) is 0. The number of hydrogen-bond donors (Lipinski definition) is 1. The molecule has 8 heteroatoms. The van der Waals surface area contributed by atoms with Gasteiger partial charge in [0, 0.05) is 37.8 Å². The van der Waals surface area contributed by atoms with Gasteiger partial charge in [-0.2, -0.15) is 0 Å². The molecule has 3 nitrogen and oxygen atoms in total. The van der Waals surface area contributed by atoms with Crippen molar-refractivity contribution in [3.8, 4) is 5.75 Å². The smallest absolute Gasteiger partial charge is 0.405 e. The van der Waals surface area contributed by atoms with Crippen molar-refractivity contribution in [3.05, 3.63) is 29.8 Å². The summed E-state index contributed by atoms with van der Waals surface area (Å²) in [6.45, 7) is 7.51. The lowest BCUT2D eigenvalue weighted by molar-refractivity contribution is -0.275. The Morgan fingerprint density at radius 2 is 1.75 bits per heavy atom. The highest BCUT2D eigenvalue weighted by Gasteiger charge is 2.35. The first-order valence-electron chi connectivity index (χ1n) is 7.72. The van der Waals surface area contributed by atoms with Crippen molar-refractivity contribution >= 4 is 24.8 Å². The lowest BCUT2D eigenvalue weighted by Crippen LogP contribution is -2.46. The predicted octanol–water partition coefficient (Wildman–Crippen LogP) is 4.42. The minimum absolute atomic E-state index is 0. The summed E-state index contributed by atoms with van der Waals surface area (Å²) in [5.41, 5.74) is 0.621. The predicted molar refractivity (Wildman–Crippen MR) is 94.3 cm³/mol. The Morgan fingerprint density at radius 3 is 2.29 bits per heavy atom. The fourth-order valence-electron chi connectivity index (χ4n) is 2.99. The fourth-order valence-corrected chi connectivity index (χ4v) is 2.99. The van der Waals surface area contributed by atoms with Gasteiger partial charge in [-0.25, -0.2) is 0 Å². The van der Waals surface area contributed by atoms with Crippen molar-refractivity contribution in [2.24, 2.45) is 5.92 Å². The van der Waals surface area contributed by atoms with Gasteiger partial charge in [0.2, 0.25) is 0 Å². The van der Waals surface area contributed by atoms with E-state index in [4.69, 9.17) is 0 Å². The SMILES string of the molecule is CCC(C)[C@@H](c1ccccc1OC(F)(F)F)N1CCNCC1.Cl.Cl. The second-order valence-electron chi connectivity index (χ2n) is 5.70. The number of para-hydroxylation sites is 1. The molecule has 1 aromatic rings. The van der Waals surface area contributed by atoms with E-state index in [0.717, 1.165) is 32.6 Å². The topological polar surface area (TPSA) is 24.5 Å². The van der Waals surface area contributed by atoms with E-state index in [1.54, 1.807) is 18.2 Å². The number of ether oxygens (including phenoxy) is 1. The van der Waals surface area contributed by atoms with Crippen LogP contribution in [0.3, 0.4) is 0 Å². The number of alkyl halides is 3. The van der Waals surface area contributed by atoms with Gasteiger partial charge in [0.15, 0.2) is 0 Å². The molecule has 24 heavy (non-hydrogen) atoms. The van der Waals surface area contributed by atoms with E-state index in [1.165, 1.54) is 6.07 Å². The second-order valence-corrected chi connectivity index (χ2v) is 5.70. The number of piperazine rings is 1. The standard InChI is InChI=1S/C16H23F3N2O.2ClH/c1-3-12(2)15(21-10-8-20-9-11-21)13-6-4-5-7-14(13)22-16(17,18)19;;/h4-7,12,15,20H,3,8-11H2,1-2H3;2*1H/t12?,15-;;/m0../s1. The van der Waals surface area contributed by atoms with Crippen LogP contribution in [0.5, 0.6) is 5.75 Å². The van der Waals surface area contributed by atoms with Crippen molar-refractivity contribution in [2.45, 2.75) is 32.7 Å². The van der Waals surface area contributed by atoms with E-state index in [-0.39, 0.29) is 42.5 Å². The van der Waals surface area contributed by atoms with Crippen LogP contribution in [0, 0.1) is 5.92 Å². The molecule has 1 saturated heterocycles. The molecule has 1 aliphatic heterocycles. The average Bonchev–Trinajstić information content (AvgIpc) is 2.48. The normalized spacial score (nSPS) is 18.0. The van der Waals surface area contributed by atoms with Crippen LogP contribution in [-0.2, 0) is 0 Å². The van der Waals surface area contributed by atoms with Gasteiger partial charge >= 0.3 is 6.36 Å². The zero-order valence-corrected chi connectivity index (χ0v) is 15.4. The average molecular weight is 389 g/mol. The molecular formula is C16H25Cl2F3N2O. The monoisotopic (exact) mass is 388 g/mol. The maximum Gasteiger partial charge on any atom is 0.573 e. The van der Waals surface area contributed by atoms with Crippen LogP contribution in [0.1, 0.15) is 31.9 Å². The third kappa shape index (κ3) is 6.31. The van der Waals surface area contributed by atoms with Crippen molar-refractivity contribution in [2.75, 3.05) is 26.2 Å². The molecule has 0 spiro atoms. The van der Waals surface area contributed by atoms with Crippen LogP contribution < -0.4 is 10.1 Å². The molecule has 0 aromatic heterocycles. The first-order valence-corrected chi connectivity index (χ1v) is 7.72. The summed E-state index contributed by atoms with van der Waals surface area (Å²) in [5.74, 6) is 0.162. The Morgan fingerprint density at radius 1 is 1.17 bits per heavy atom. The van der Waals surface area contributed by atoms with Crippen LogP contribution in [0.15, 0.2) is 24.3 Å². The van der Waals surface area contributed by atoms with E-state index in [9.17, 15) is 13.2 Å². The van der Waals surface area contributed by atoms with Gasteiger partial charge in [0.25, 0.3) is 0 Å². The number of rotatable bonds is 5. The van der Waals surface area contributed by atoms with Gasteiger partial charge in [0.05, 0.1) is 0 Å². The highest BCUT2D eigenvalue weighted by molar-refractivity contribution is 5.85. The minimum atomic E-state index is -4.67. The second kappa shape index (κ2) is 10.3. The quantitative estimate of drug-likeness (QED) is 0.807. The maximum atomic E-state index is 12.7. The molecule has 1 heterocycles. The van der Waals surface area contributed by atoms with Gasteiger partial charge in [-0.3, -0.25) is 4.90 Å². The molecule has 0 radical (unpaired) electrons. The summed E-state index contributed by atoms with van der Waals surface area (Å²) >= 11 is 0. The van der Waals surface area contributed by atoms with E-state index >= 15 is 0 Å². The largest absolute Gasteiger partial charge is 0.573 e. The van der Waals surface area contributed by atoms with Crippen molar-refractivity contribution in [1.29, 1.82) is 0 Å². The lowest BCUT2D eigenvalue weighted by Gasteiger charge is -2.39. The van der Waals surface area contributed by atoms with E-state index in [2.05, 4.69) is 28.8 Å². The fraction of sp³-hybridized carbons (Fsp3) is 0.625. The third-order valence-corrected chi connectivity index (χ3v) is 4.19. The number of halogens is 5. The highest BCUT2D eigenvalue weighted by Crippen LogP contribution is 2.38. The van der Waals surface area contributed by atoms with E-state index < -0.39 is 6.36 Å². The first kappa shape index (κ1) is 23.3. The number of nitrogens with zero attached hydrogens (tertiary/aromatic N) is 1. The zero-order chi connectivity index (χ0) is 16.2. The Bertz CT molecular complexity index is 483. The van der Waals surface area contributed by atoms with Gasteiger partial charge in [-0.05, 0) is 12.0 Å². The van der Waals surface area contributed by atoms with Gasteiger partial charge in [-0.15, -0.1) is 38.0 Å². The Hall–Kier alpha value is -0.690. The maximum absolute atomic E-state index is 12.7. The molecule has 0 bridgehead atoms. The summed E-state index contributed by atoms with van der Waals surface area (Å²) < 4.78 is 42.2. The molecule has 0 aliphatic carbocycles.